The van der Waals surface area contributed by atoms with Crippen LogP contribution < -0.4 is 10.1 Å². The zero-order valence-corrected chi connectivity index (χ0v) is 11.2. The summed E-state index contributed by atoms with van der Waals surface area (Å²) in [5, 5.41) is 32.4. The maximum absolute atomic E-state index is 10.7. The zero-order chi connectivity index (χ0) is 15.4. The van der Waals surface area contributed by atoms with Crippen LogP contribution in [0.4, 0.5) is 11.4 Å². The van der Waals surface area contributed by atoms with Crippen molar-refractivity contribution in [1.29, 1.82) is 0 Å². The zero-order valence-electron chi connectivity index (χ0n) is 11.2. The summed E-state index contributed by atoms with van der Waals surface area (Å²) in [4.78, 5) is 10.2. The minimum absolute atomic E-state index is 0.0559. The van der Waals surface area contributed by atoms with Gasteiger partial charge in [0.2, 0.25) is 0 Å². The first-order valence-electron chi connectivity index (χ1n) is 6.08. The van der Waals surface area contributed by atoms with Crippen LogP contribution in [0.15, 0.2) is 36.4 Å². The van der Waals surface area contributed by atoms with Gasteiger partial charge in [-0.05, 0) is 23.8 Å². The van der Waals surface area contributed by atoms with Crippen LogP contribution in [0.5, 0.6) is 17.2 Å². The molecule has 0 spiro atoms. The second-order valence-electron chi connectivity index (χ2n) is 4.32. The Morgan fingerprint density at radius 1 is 1.19 bits per heavy atom. The summed E-state index contributed by atoms with van der Waals surface area (Å²) in [5.41, 5.74) is 1.28. The highest BCUT2D eigenvalue weighted by Crippen LogP contribution is 2.30. The van der Waals surface area contributed by atoms with Gasteiger partial charge in [-0.15, -0.1) is 0 Å². The normalized spacial score (nSPS) is 10.1. The molecule has 0 aromatic heterocycles. The van der Waals surface area contributed by atoms with E-state index in [-0.39, 0.29) is 17.2 Å². The maximum Gasteiger partial charge on any atom is 0.273 e. The molecule has 0 fully saturated rings. The minimum atomic E-state index is -0.496. The van der Waals surface area contributed by atoms with Crippen molar-refractivity contribution in [2.75, 3.05) is 12.4 Å². The molecule has 0 unspecified atom stereocenters. The van der Waals surface area contributed by atoms with Gasteiger partial charge < -0.3 is 20.3 Å². The molecule has 0 aliphatic heterocycles. The van der Waals surface area contributed by atoms with Crippen LogP contribution in [-0.4, -0.2) is 22.2 Å². The standard InChI is InChI=1S/C14H14N2O5/c1-21-14-7-10(16(19)20)3-4-11(14)15-8-9-2-5-12(17)13(18)6-9/h2-7,15,17-18H,8H2,1H3. The van der Waals surface area contributed by atoms with Gasteiger partial charge in [0.15, 0.2) is 11.5 Å². The highest BCUT2D eigenvalue weighted by Gasteiger charge is 2.11. The molecule has 0 atom stereocenters. The number of benzene rings is 2. The summed E-state index contributed by atoms with van der Waals surface area (Å²) in [7, 11) is 1.43. The van der Waals surface area contributed by atoms with Crippen LogP contribution in [-0.2, 0) is 6.54 Å². The van der Waals surface area contributed by atoms with E-state index in [0.717, 1.165) is 5.56 Å². The van der Waals surface area contributed by atoms with Gasteiger partial charge in [0, 0.05) is 12.6 Å². The first kappa shape index (κ1) is 14.4. The number of ether oxygens (including phenoxy) is 1. The first-order valence-corrected chi connectivity index (χ1v) is 6.08. The number of nitro benzene ring substituents is 1. The molecular formula is C14H14N2O5. The van der Waals surface area contributed by atoms with E-state index >= 15 is 0 Å². The van der Waals surface area contributed by atoms with Crippen LogP contribution in [0.25, 0.3) is 0 Å². The van der Waals surface area contributed by atoms with Crippen LogP contribution in [0.3, 0.4) is 0 Å². The fourth-order valence-corrected chi connectivity index (χ4v) is 1.82. The molecule has 21 heavy (non-hydrogen) atoms. The SMILES string of the molecule is COc1cc([N+](=O)[O-])ccc1NCc1ccc(O)c(O)c1. The average Bonchev–Trinajstić information content (AvgIpc) is 2.48. The van der Waals surface area contributed by atoms with Crippen molar-refractivity contribution in [2.24, 2.45) is 0 Å². The van der Waals surface area contributed by atoms with Crippen molar-refractivity contribution in [3.05, 3.63) is 52.1 Å². The molecule has 110 valence electrons. The van der Waals surface area contributed by atoms with Crippen LogP contribution in [0.1, 0.15) is 5.56 Å². The van der Waals surface area contributed by atoms with E-state index in [4.69, 9.17) is 4.74 Å². The Morgan fingerprint density at radius 2 is 1.95 bits per heavy atom. The lowest BCUT2D eigenvalue weighted by Gasteiger charge is -2.11. The van der Waals surface area contributed by atoms with Crippen molar-refractivity contribution in [2.45, 2.75) is 6.54 Å². The molecule has 2 rings (SSSR count). The first-order chi connectivity index (χ1) is 10.0. The molecule has 0 heterocycles. The molecule has 0 aliphatic rings. The second-order valence-corrected chi connectivity index (χ2v) is 4.32. The third-order valence-corrected chi connectivity index (χ3v) is 2.92. The van der Waals surface area contributed by atoms with Gasteiger partial charge in [0.25, 0.3) is 5.69 Å². The molecule has 0 saturated heterocycles. The number of rotatable bonds is 5. The molecular weight excluding hydrogens is 276 g/mol. The number of anilines is 1. The summed E-state index contributed by atoms with van der Waals surface area (Å²) >= 11 is 0. The Morgan fingerprint density at radius 3 is 2.57 bits per heavy atom. The minimum Gasteiger partial charge on any atom is -0.504 e. The van der Waals surface area contributed by atoms with E-state index in [2.05, 4.69) is 5.32 Å². The van der Waals surface area contributed by atoms with E-state index < -0.39 is 4.92 Å². The molecule has 0 bridgehead atoms. The smallest absolute Gasteiger partial charge is 0.273 e. The fourth-order valence-electron chi connectivity index (χ4n) is 1.82. The lowest BCUT2D eigenvalue weighted by Crippen LogP contribution is -2.02. The Balaban J connectivity index is 2.15. The summed E-state index contributed by atoms with van der Waals surface area (Å²) in [6, 6.07) is 8.73. The largest absolute Gasteiger partial charge is 0.504 e. The second kappa shape index (κ2) is 6.00. The molecule has 0 radical (unpaired) electrons. The van der Waals surface area contributed by atoms with Gasteiger partial charge in [-0.1, -0.05) is 6.07 Å². The Kier molecular flexibility index (Phi) is 4.13. The fraction of sp³-hybridized carbons (Fsp3) is 0.143. The number of nitrogens with zero attached hydrogens (tertiary/aromatic N) is 1. The quantitative estimate of drug-likeness (QED) is 0.444. The molecule has 0 aliphatic carbocycles. The number of non-ortho nitro benzene ring substituents is 1. The maximum atomic E-state index is 10.7. The number of methoxy groups -OCH3 is 1. The predicted molar refractivity (Wildman–Crippen MR) is 76.7 cm³/mol. The van der Waals surface area contributed by atoms with E-state index in [0.29, 0.717) is 18.0 Å². The van der Waals surface area contributed by atoms with E-state index in [9.17, 15) is 20.3 Å². The van der Waals surface area contributed by atoms with Gasteiger partial charge in [-0.3, -0.25) is 10.1 Å². The van der Waals surface area contributed by atoms with E-state index in [1.807, 2.05) is 0 Å². The van der Waals surface area contributed by atoms with Crippen molar-refractivity contribution in [3.8, 4) is 17.2 Å². The molecule has 7 nitrogen and oxygen atoms in total. The third kappa shape index (κ3) is 3.33. The molecule has 0 amide bonds. The number of aromatic hydroxyl groups is 2. The Labute approximate surface area is 120 Å². The van der Waals surface area contributed by atoms with Gasteiger partial charge in [0.1, 0.15) is 5.75 Å². The molecule has 2 aromatic rings. The number of phenols is 2. The monoisotopic (exact) mass is 290 g/mol. The molecule has 7 heteroatoms. The topological polar surface area (TPSA) is 105 Å². The Hall–Kier alpha value is -2.96. The van der Waals surface area contributed by atoms with Gasteiger partial charge in [0.05, 0.1) is 23.8 Å². The third-order valence-electron chi connectivity index (χ3n) is 2.92. The summed E-state index contributed by atoms with van der Waals surface area (Å²) in [6.45, 7) is 0.363. The molecule has 0 saturated carbocycles. The van der Waals surface area contributed by atoms with Crippen LogP contribution >= 0.6 is 0 Å². The Bertz CT molecular complexity index is 672. The summed E-state index contributed by atoms with van der Waals surface area (Å²) < 4.78 is 5.11. The number of nitro groups is 1. The average molecular weight is 290 g/mol. The summed E-state index contributed by atoms with van der Waals surface area (Å²) in [6.07, 6.45) is 0. The lowest BCUT2D eigenvalue weighted by atomic mass is 10.2. The number of phenolic OH excluding ortho intramolecular Hbond substituents is 2. The van der Waals surface area contributed by atoms with Crippen LogP contribution in [0, 0.1) is 10.1 Å². The number of nitrogens with one attached hydrogen (secondary N) is 1. The van der Waals surface area contributed by atoms with Crippen molar-refractivity contribution in [3.63, 3.8) is 0 Å². The summed E-state index contributed by atoms with van der Waals surface area (Å²) in [5.74, 6) is -0.0381. The van der Waals surface area contributed by atoms with Crippen molar-refractivity contribution < 1.29 is 19.9 Å². The van der Waals surface area contributed by atoms with Gasteiger partial charge >= 0.3 is 0 Å². The van der Waals surface area contributed by atoms with Crippen molar-refractivity contribution >= 4 is 11.4 Å². The van der Waals surface area contributed by atoms with Gasteiger partial charge in [-0.2, -0.15) is 0 Å². The number of hydrogen-bond donors (Lipinski definition) is 3. The lowest BCUT2D eigenvalue weighted by molar-refractivity contribution is -0.384. The predicted octanol–water partition coefficient (Wildman–Crippen LogP) is 2.63. The molecule has 2 aromatic carbocycles. The highest BCUT2D eigenvalue weighted by molar-refractivity contribution is 5.61. The van der Waals surface area contributed by atoms with Crippen molar-refractivity contribution in [1.82, 2.24) is 0 Å². The number of hydrogen-bond acceptors (Lipinski definition) is 6. The highest BCUT2D eigenvalue weighted by atomic mass is 16.6. The van der Waals surface area contributed by atoms with E-state index in [1.54, 1.807) is 12.1 Å². The van der Waals surface area contributed by atoms with E-state index in [1.165, 1.54) is 31.4 Å². The van der Waals surface area contributed by atoms with Gasteiger partial charge in [-0.25, -0.2) is 0 Å². The molecule has 3 N–H and O–H groups in total. The van der Waals surface area contributed by atoms with Crippen LogP contribution in [0.2, 0.25) is 0 Å².